The van der Waals surface area contributed by atoms with Gasteiger partial charge in [0.2, 0.25) is 0 Å². The van der Waals surface area contributed by atoms with E-state index in [2.05, 4.69) is 20.2 Å². The van der Waals surface area contributed by atoms with E-state index >= 15 is 0 Å². The van der Waals surface area contributed by atoms with Gasteiger partial charge in [-0.1, -0.05) is 0 Å². The molecule has 4 rings (SSSR count). The van der Waals surface area contributed by atoms with Crippen LogP contribution < -0.4 is 0 Å². The van der Waals surface area contributed by atoms with Crippen LogP contribution in [0.3, 0.4) is 0 Å². The van der Waals surface area contributed by atoms with Crippen molar-refractivity contribution in [3.05, 3.63) is 20.2 Å². The molecule has 0 unspecified atom stereocenters. The standard InChI is InChI=1S/C10H8Se8/c1-2-12-6-5(11-1)15-9(16-6)10-17-7-8(18-10)14-4-3-13-7/h1-4H2. The summed E-state index contributed by atoms with van der Waals surface area (Å²) in [4.78, 5) is 0. The zero-order chi connectivity index (χ0) is 11.9. The van der Waals surface area contributed by atoms with Gasteiger partial charge in [-0.25, -0.2) is 0 Å². The molecular formula is C10H8Se8. The molecule has 0 aliphatic carbocycles. The van der Waals surface area contributed by atoms with Crippen molar-refractivity contribution in [1.29, 1.82) is 0 Å². The van der Waals surface area contributed by atoms with Crippen molar-refractivity contribution in [2.75, 3.05) is 0 Å². The monoisotopic (exact) mass is 767 g/mol. The van der Waals surface area contributed by atoms with E-state index in [0.717, 1.165) is 120 Å². The van der Waals surface area contributed by atoms with E-state index in [1.165, 1.54) is 0 Å². The summed E-state index contributed by atoms with van der Waals surface area (Å²) < 4.78 is 12.4. The first-order chi connectivity index (χ1) is 8.90. The molecule has 0 nitrogen and oxygen atoms in total. The second-order valence-electron chi connectivity index (χ2n) is 3.53. The van der Waals surface area contributed by atoms with Crippen LogP contribution in [0, 0.1) is 0 Å². The SMILES string of the molecule is C1C[Se]C2=C([Se]1)[Se]C(=C1[Se]C3=C([Se]CC[Se]3)[Se]1)[Se]2. The van der Waals surface area contributed by atoms with Gasteiger partial charge in [0.15, 0.2) is 0 Å². The van der Waals surface area contributed by atoms with Crippen molar-refractivity contribution in [2.24, 2.45) is 0 Å². The molecule has 0 saturated carbocycles. The third kappa shape index (κ3) is 3.18. The quantitative estimate of drug-likeness (QED) is 0.299. The molecule has 0 saturated heterocycles. The van der Waals surface area contributed by atoms with Crippen molar-refractivity contribution >= 4 is 120 Å². The van der Waals surface area contributed by atoms with Crippen LogP contribution in [0.15, 0.2) is 20.2 Å². The van der Waals surface area contributed by atoms with Gasteiger partial charge in [0.05, 0.1) is 0 Å². The molecule has 0 spiro atoms. The minimum atomic E-state index is 0.880. The molecule has 0 fully saturated rings. The van der Waals surface area contributed by atoms with Gasteiger partial charge in [-0.2, -0.15) is 0 Å². The van der Waals surface area contributed by atoms with E-state index in [1.807, 2.05) is 0 Å². The Bertz CT molecular complexity index is 404. The fourth-order valence-corrected chi connectivity index (χ4v) is 44.3. The van der Waals surface area contributed by atoms with Crippen LogP contribution in [0.5, 0.6) is 0 Å². The molecule has 0 atom stereocenters. The zero-order valence-corrected chi connectivity index (χ0v) is 22.8. The van der Waals surface area contributed by atoms with Crippen molar-refractivity contribution in [3.63, 3.8) is 0 Å². The van der Waals surface area contributed by atoms with Gasteiger partial charge in [0, 0.05) is 0 Å². The molecule has 0 N–H and O–H groups in total. The molecule has 18 heavy (non-hydrogen) atoms. The first kappa shape index (κ1) is 14.9. The fourth-order valence-electron chi connectivity index (χ4n) is 1.60. The number of hydrogen-bond donors (Lipinski definition) is 0. The van der Waals surface area contributed by atoms with Crippen molar-refractivity contribution in [3.8, 4) is 0 Å². The second kappa shape index (κ2) is 6.87. The molecule has 0 radical (unpaired) electrons. The summed E-state index contributed by atoms with van der Waals surface area (Å²) in [7, 11) is 0. The van der Waals surface area contributed by atoms with Crippen LogP contribution in [0.25, 0.3) is 0 Å². The van der Waals surface area contributed by atoms with Gasteiger partial charge in [-0.15, -0.1) is 0 Å². The van der Waals surface area contributed by atoms with Gasteiger partial charge in [0.1, 0.15) is 0 Å². The van der Waals surface area contributed by atoms with Gasteiger partial charge < -0.3 is 0 Å². The number of hydrogen-bond acceptors (Lipinski definition) is 0. The predicted octanol–water partition coefficient (Wildman–Crippen LogP) is -0.273. The average Bonchev–Trinajstić information content (AvgIpc) is 3.02. The summed E-state index contributed by atoms with van der Waals surface area (Å²) in [6.45, 7) is 0. The predicted molar refractivity (Wildman–Crippen MR) is 86.3 cm³/mol. The van der Waals surface area contributed by atoms with Crippen LogP contribution in [0.2, 0.25) is 21.3 Å². The van der Waals surface area contributed by atoms with Crippen LogP contribution >= 0.6 is 0 Å². The number of rotatable bonds is 0. The van der Waals surface area contributed by atoms with E-state index in [1.54, 1.807) is 21.3 Å². The van der Waals surface area contributed by atoms with Gasteiger partial charge in [-0.05, 0) is 0 Å². The third-order valence-electron chi connectivity index (χ3n) is 2.34. The maximum atomic E-state index is 2.08. The molecule has 4 aliphatic rings. The van der Waals surface area contributed by atoms with Gasteiger partial charge in [0.25, 0.3) is 0 Å². The normalized spacial score (nSPS) is 28.0. The summed E-state index contributed by atoms with van der Waals surface area (Å²) in [6, 6.07) is 0. The van der Waals surface area contributed by atoms with Crippen LogP contribution in [0.4, 0.5) is 0 Å². The molecule has 0 bridgehead atoms. The Morgan fingerprint density at radius 3 is 0.944 bits per heavy atom. The summed E-state index contributed by atoms with van der Waals surface area (Å²) in [5, 5.41) is 6.35. The minimum absolute atomic E-state index is 0.880. The summed E-state index contributed by atoms with van der Waals surface area (Å²) in [5.74, 6) is 0. The molecule has 0 amide bonds. The van der Waals surface area contributed by atoms with Crippen LogP contribution in [0.1, 0.15) is 0 Å². The third-order valence-corrected chi connectivity index (χ3v) is 39.1. The molecule has 8 heteroatoms. The van der Waals surface area contributed by atoms with E-state index in [0.29, 0.717) is 0 Å². The second-order valence-corrected chi connectivity index (χ2v) is 29.2. The van der Waals surface area contributed by atoms with E-state index in [9.17, 15) is 0 Å². The zero-order valence-electron chi connectivity index (χ0n) is 9.09. The Hall–Kier alpha value is 3.38. The van der Waals surface area contributed by atoms with Crippen molar-refractivity contribution in [1.82, 2.24) is 0 Å². The Balaban J connectivity index is 1.54. The topological polar surface area (TPSA) is 0 Å². The average molecular weight is 760 g/mol. The molecule has 4 aliphatic heterocycles. The van der Waals surface area contributed by atoms with Crippen LogP contribution in [-0.2, 0) is 0 Å². The molecule has 0 aromatic heterocycles. The van der Waals surface area contributed by atoms with E-state index < -0.39 is 0 Å². The van der Waals surface area contributed by atoms with E-state index in [-0.39, 0.29) is 0 Å². The maximum absolute atomic E-state index is 2.08. The van der Waals surface area contributed by atoms with Crippen molar-refractivity contribution < 1.29 is 0 Å². The molecule has 96 valence electrons. The summed E-state index contributed by atoms with van der Waals surface area (Å²) in [5.41, 5.74) is 0. The molecule has 4 heterocycles. The Kier molecular flexibility index (Phi) is 5.70. The van der Waals surface area contributed by atoms with E-state index in [4.69, 9.17) is 0 Å². The summed E-state index contributed by atoms with van der Waals surface area (Å²) in [6.07, 6.45) is 0. The summed E-state index contributed by atoms with van der Waals surface area (Å²) >= 11 is 7.29. The van der Waals surface area contributed by atoms with Gasteiger partial charge >= 0.3 is 161 Å². The Labute approximate surface area is 158 Å². The van der Waals surface area contributed by atoms with Crippen molar-refractivity contribution in [2.45, 2.75) is 21.3 Å². The molecular weight excluding hydrogens is 752 g/mol. The Morgan fingerprint density at radius 2 is 0.667 bits per heavy atom. The first-order valence-corrected chi connectivity index (χ1v) is 20.5. The van der Waals surface area contributed by atoms with Gasteiger partial charge in [-0.3, -0.25) is 0 Å². The molecule has 0 aromatic rings. The van der Waals surface area contributed by atoms with Crippen LogP contribution in [-0.4, -0.2) is 120 Å². The molecule has 0 aromatic carbocycles. The first-order valence-electron chi connectivity index (χ1n) is 5.35. The Morgan fingerprint density at radius 1 is 0.389 bits per heavy atom. The fraction of sp³-hybridized carbons (Fsp3) is 0.400.